The lowest BCUT2D eigenvalue weighted by Gasteiger charge is -2.10. The van der Waals surface area contributed by atoms with E-state index < -0.39 is 10.0 Å². The molecule has 1 aromatic heterocycles. The molecule has 0 spiro atoms. The van der Waals surface area contributed by atoms with Crippen molar-refractivity contribution in [3.05, 3.63) is 71.3 Å². The van der Waals surface area contributed by atoms with E-state index >= 15 is 0 Å². The highest BCUT2D eigenvalue weighted by Gasteiger charge is 2.15. The van der Waals surface area contributed by atoms with Gasteiger partial charge >= 0.3 is 0 Å². The third-order valence-electron chi connectivity index (χ3n) is 3.45. The van der Waals surface area contributed by atoms with Crippen LogP contribution >= 0.6 is 12.2 Å². The Morgan fingerprint density at radius 1 is 1.08 bits per heavy atom. The lowest BCUT2D eigenvalue weighted by Crippen LogP contribution is -2.16. The minimum absolute atomic E-state index is 0.336. The molecule has 2 aromatic carbocycles. The van der Waals surface area contributed by atoms with E-state index in [2.05, 4.69) is 15.0 Å². The zero-order chi connectivity index (χ0) is 18.7. The van der Waals surface area contributed by atoms with Gasteiger partial charge in [-0.3, -0.25) is 14.1 Å². The molecule has 0 radical (unpaired) electrons. The molecule has 0 bridgehead atoms. The van der Waals surface area contributed by atoms with Crippen LogP contribution in [0.5, 0.6) is 0 Å². The lowest BCUT2D eigenvalue weighted by molar-refractivity contribution is 0.102. The molecule has 0 aliphatic heterocycles. The minimum Gasteiger partial charge on any atom is -0.336 e. The van der Waals surface area contributed by atoms with E-state index in [0.717, 1.165) is 11.9 Å². The normalized spacial score (nSPS) is 11.1. The van der Waals surface area contributed by atoms with E-state index in [1.165, 1.54) is 12.3 Å². The van der Waals surface area contributed by atoms with Crippen LogP contribution in [-0.2, 0) is 10.0 Å². The predicted octanol–water partition coefficient (Wildman–Crippen LogP) is 3.16. The quantitative estimate of drug-likeness (QED) is 0.585. The average molecular weight is 388 g/mol. The van der Waals surface area contributed by atoms with Crippen LogP contribution < -0.4 is 10.0 Å². The van der Waals surface area contributed by atoms with Crippen molar-refractivity contribution in [2.75, 3.05) is 16.3 Å². The molecule has 3 rings (SSSR count). The Balaban J connectivity index is 1.89. The van der Waals surface area contributed by atoms with Gasteiger partial charge in [0.25, 0.3) is 5.91 Å². The molecular weight excluding hydrogens is 372 g/mol. The number of imidazole rings is 1. The van der Waals surface area contributed by atoms with Crippen LogP contribution in [0, 0.1) is 4.77 Å². The van der Waals surface area contributed by atoms with Gasteiger partial charge in [0.1, 0.15) is 5.69 Å². The number of para-hydroxylation sites is 1. The predicted molar refractivity (Wildman–Crippen MR) is 104 cm³/mol. The maximum Gasteiger partial charge on any atom is 0.274 e. The number of hydrogen-bond donors (Lipinski definition) is 3. The number of anilines is 2. The van der Waals surface area contributed by atoms with Gasteiger partial charge in [-0.25, -0.2) is 8.42 Å². The molecule has 0 saturated carbocycles. The summed E-state index contributed by atoms with van der Waals surface area (Å²) in [5.41, 5.74) is 1.91. The second-order valence-corrected chi connectivity index (χ2v) is 7.69. The van der Waals surface area contributed by atoms with Gasteiger partial charge in [-0.2, -0.15) is 0 Å². The van der Waals surface area contributed by atoms with Crippen LogP contribution in [0.3, 0.4) is 0 Å². The number of hydrogen-bond acceptors (Lipinski definition) is 4. The highest BCUT2D eigenvalue weighted by molar-refractivity contribution is 7.92. The molecule has 1 heterocycles. The fourth-order valence-electron chi connectivity index (χ4n) is 2.44. The van der Waals surface area contributed by atoms with E-state index in [-0.39, 0.29) is 5.91 Å². The molecule has 1 amide bonds. The van der Waals surface area contributed by atoms with Crippen molar-refractivity contribution in [2.45, 2.75) is 0 Å². The summed E-state index contributed by atoms with van der Waals surface area (Å²) in [6, 6.07) is 15.7. The molecule has 3 N–H and O–H groups in total. The zero-order valence-electron chi connectivity index (χ0n) is 13.8. The first-order valence-corrected chi connectivity index (χ1v) is 9.88. The van der Waals surface area contributed by atoms with E-state index in [0.29, 0.717) is 21.8 Å². The van der Waals surface area contributed by atoms with E-state index in [9.17, 15) is 13.2 Å². The largest absolute Gasteiger partial charge is 0.336 e. The number of amides is 1. The number of rotatable bonds is 5. The van der Waals surface area contributed by atoms with Crippen molar-refractivity contribution in [3.63, 3.8) is 0 Å². The third kappa shape index (κ3) is 4.19. The second-order valence-electron chi connectivity index (χ2n) is 5.56. The monoisotopic (exact) mass is 388 g/mol. The Kier molecular flexibility index (Phi) is 4.92. The number of aromatic nitrogens is 2. The van der Waals surface area contributed by atoms with Crippen LogP contribution in [0.2, 0.25) is 0 Å². The van der Waals surface area contributed by atoms with Crippen molar-refractivity contribution in [3.8, 4) is 5.69 Å². The van der Waals surface area contributed by atoms with Crippen molar-refractivity contribution in [2.24, 2.45) is 0 Å². The molecule has 3 aromatic rings. The first-order chi connectivity index (χ1) is 12.3. The number of H-pyrrole nitrogens is 1. The Bertz CT molecular complexity index is 1100. The number of nitrogens with zero attached hydrogens (tertiary/aromatic N) is 1. The number of benzene rings is 2. The number of aromatic amines is 1. The molecule has 9 heteroatoms. The first-order valence-electron chi connectivity index (χ1n) is 7.58. The molecule has 0 aliphatic carbocycles. The van der Waals surface area contributed by atoms with E-state index in [1.807, 2.05) is 30.3 Å². The van der Waals surface area contributed by atoms with E-state index in [4.69, 9.17) is 12.2 Å². The molecule has 0 unspecified atom stereocenters. The molecule has 0 atom stereocenters. The Labute approximate surface area is 155 Å². The summed E-state index contributed by atoms with van der Waals surface area (Å²) < 4.78 is 27.1. The topological polar surface area (TPSA) is 96.0 Å². The van der Waals surface area contributed by atoms with Crippen molar-refractivity contribution in [1.82, 2.24) is 9.55 Å². The smallest absolute Gasteiger partial charge is 0.274 e. The van der Waals surface area contributed by atoms with Gasteiger partial charge < -0.3 is 10.3 Å². The maximum atomic E-state index is 12.7. The van der Waals surface area contributed by atoms with Crippen LogP contribution in [0.4, 0.5) is 11.4 Å². The van der Waals surface area contributed by atoms with Gasteiger partial charge in [0.2, 0.25) is 10.0 Å². The number of sulfonamides is 1. The Morgan fingerprint density at radius 3 is 2.46 bits per heavy atom. The molecule has 134 valence electrons. The summed E-state index contributed by atoms with van der Waals surface area (Å²) in [7, 11) is -3.40. The maximum absolute atomic E-state index is 12.7. The summed E-state index contributed by atoms with van der Waals surface area (Å²) in [6.45, 7) is 0. The van der Waals surface area contributed by atoms with Gasteiger partial charge in [0, 0.05) is 17.6 Å². The summed E-state index contributed by atoms with van der Waals surface area (Å²) >= 11 is 5.27. The standard InChI is InChI=1S/C17H16N4O3S2/c1-26(23,24)20-13-7-5-6-12(10-13)19-16(22)15-11-18-17(25)21(15)14-8-3-2-4-9-14/h2-11,20H,1H3,(H,18,25)(H,19,22). The van der Waals surface area contributed by atoms with Crippen LogP contribution in [-0.4, -0.2) is 30.1 Å². The van der Waals surface area contributed by atoms with Crippen LogP contribution in [0.1, 0.15) is 10.5 Å². The van der Waals surface area contributed by atoms with Gasteiger partial charge in [0.15, 0.2) is 4.77 Å². The lowest BCUT2D eigenvalue weighted by atomic mass is 10.2. The fourth-order valence-corrected chi connectivity index (χ4v) is 3.26. The molecule has 0 fully saturated rings. The van der Waals surface area contributed by atoms with Gasteiger partial charge in [-0.15, -0.1) is 0 Å². The SMILES string of the molecule is CS(=O)(=O)Nc1cccc(NC(=O)c2c[nH]c(=S)n2-c2ccccc2)c1. The van der Waals surface area contributed by atoms with Crippen molar-refractivity contribution in [1.29, 1.82) is 0 Å². The first kappa shape index (κ1) is 17.9. The number of carbonyl (C=O) groups is 1. The summed E-state index contributed by atoms with van der Waals surface area (Å²) in [6.07, 6.45) is 2.59. The fraction of sp³-hybridized carbons (Fsp3) is 0.0588. The average Bonchev–Trinajstić information content (AvgIpc) is 2.96. The zero-order valence-corrected chi connectivity index (χ0v) is 15.4. The number of carbonyl (C=O) groups excluding carboxylic acids is 1. The molecule has 0 aliphatic rings. The molecule has 0 saturated heterocycles. The van der Waals surface area contributed by atoms with E-state index in [1.54, 1.807) is 22.8 Å². The Hall–Kier alpha value is -2.91. The molecule has 7 nitrogen and oxygen atoms in total. The second kappa shape index (κ2) is 7.14. The summed E-state index contributed by atoms with van der Waals surface area (Å²) in [5.74, 6) is -0.377. The minimum atomic E-state index is -3.40. The van der Waals surface area contributed by atoms with Gasteiger partial charge in [-0.05, 0) is 42.5 Å². The highest BCUT2D eigenvalue weighted by atomic mass is 32.2. The summed E-state index contributed by atoms with van der Waals surface area (Å²) in [5, 5.41) is 2.75. The Morgan fingerprint density at radius 2 is 1.77 bits per heavy atom. The van der Waals surface area contributed by atoms with Gasteiger partial charge in [-0.1, -0.05) is 24.3 Å². The third-order valence-corrected chi connectivity index (χ3v) is 4.35. The van der Waals surface area contributed by atoms with Gasteiger partial charge in [0.05, 0.1) is 11.9 Å². The van der Waals surface area contributed by atoms with Crippen LogP contribution in [0.25, 0.3) is 5.69 Å². The summed E-state index contributed by atoms with van der Waals surface area (Å²) in [4.78, 5) is 15.6. The molecule has 26 heavy (non-hydrogen) atoms. The van der Waals surface area contributed by atoms with Crippen molar-refractivity contribution >= 4 is 39.5 Å². The number of nitrogens with one attached hydrogen (secondary N) is 3. The molecular formula is C17H16N4O3S2. The van der Waals surface area contributed by atoms with Crippen molar-refractivity contribution < 1.29 is 13.2 Å². The van der Waals surface area contributed by atoms with Crippen LogP contribution in [0.15, 0.2) is 60.8 Å². The highest BCUT2D eigenvalue weighted by Crippen LogP contribution is 2.18.